The third-order valence-electron chi connectivity index (χ3n) is 2.62. The quantitative estimate of drug-likeness (QED) is 0.799. The first-order chi connectivity index (χ1) is 8.34. The number of nitrogens with zero attached hydrogens (tertiary/aromatic N) is 1. The summed E-state index contributed by atoms with van der Waals surface area (Å²) in [4.78, 5) is 3.69. The van der Waals surface area contributed by atoms with Gasteiger partial charge in [0.25, 0.3) is 0 Å². The molecule has 2 nitrogen and oxygen atoms in total. The van der Waals surface area contributed by atoms with Gasteiger partial charge in [-0.2, -0.15) is 13.2 Å². The van der Waals surface area contributed by atoms with Crippen molar-refractivity contribution >= 4 is 17.4 Å². The standard InChI is InChI=1S/C12H15ClF3N2/c1-3-8(2)6-7-17-10-5-4-9(11(13)18-10)12(14,15)16/h4-5H,3,6-7H2,1-2H3,(H,17,18). The molecule has 1 heterocycles. The highest BCUT2D eigenvalue weighted by Crippen LogP contribution is 2.34. The second-order valence-corrected chi connectivity index (χ2v) is 4.38. The van der Waals surface area contributed by atoms with Crippen molar-refractivity contribution in [3.05, 3.63) is 28.8 Å². The molecule has 6 heteroatoms. The van der Waals surface area contributed by atoms with Crippen molar-refractivity contribution in [3.63, 3.8) is 0 Å². The van der Waals surface area contributed by atoms with Gasteiger partial charge in [-0.3, -0.25) is 0 Å². The zero-order chi connectivity index (χ0) is 13.8. The first kappa shape index (κ1) is 15.1. The summed E-state index contributed by atoms with van der Waals surface area (Å²) in [6.45, 7) is 4.73. The Morgan fingerprint density at radius 2 is 2.06 bits per heavy atom. The van der Waals surface area contributed by atoms with Crippen LogP contribution in [-0.4, -0.2) is 11.5 Å². The van der Waals surface area contributed by atoms with Gasteiger partial charge >= 0.3 is 6.18 Å². The van der Waals surface area contributed by atoms with Crippen molar-refractivity contribution in [1.82, 2.24) is 4.98 Å². The van der Waals surface area contributed by atoms with Crippen LogP contribution in [0.5, 0.6) is 0 Å². The summed E-state index contributed by atoms with van der Waals surface area (Å²) in [6.07, 6.45) is -2.62. The Balaban J connectivity index is 2.62. The molecule has 0 bridgehead atoms. The molecule has 0 unspecified atom stereocenters. The minimum absolute atomic E-state index is 0.358. The summed E-state index contributed by atoms with van der Waals surface area (Å²) in [5.74, 6) is 1.68. The fourth-order valence-electron chi connectivity index (χ4n) is 1.32. The molecule has 1 aromatic heterocycles. The van der Waals surface area contributed by atoms with Crippen molar-refractivity contribution in [2.45, 2.75) is 32.9 Å². The van der Waals surface area contributed by atoms with E-state index in [0.717, 1.165) is 18.9 Å². The van der Waals surface area contributed by atoms with Crippen molar-refractivity contribution in [2.75, 3.05) is 11.9 Å². The Hall–Kier alpha value is -0.970. The highest BCUT2D eigenvalue weighted by Gasteiger charge is 2.33. The molecule has 1 rings (SSSR count). The van der Waals surface area contributed by atoms with E-state index >= 15 is 0 Å². The van der Waals surface area contributed by atoms with E-state index in [1.54, 1.807) is 0 Å². The second-order valence-electron chi connectivity index (χ2n) is 4.02. The predicted octanol–water partition coefficient (Wildman–Crippen LogP) is 4.56. The number of anilines is 1. The number of aromatic nitrogens is 1. The first-order valence-electron chi connectivity index (χ1n) is 5.63. The van der Waals surface area contributed by atoms with Crippen LogP contribution in [0.1, 0.15) is 32.3 Å². The molecule has 18 heavy (non-hydrogen) atoms. The lowest BCUT2D eigenvalue weighted by Crippen LogP contribution is -2.10. The Kier molecular flexibility index (Phi) is 5.26. The van der Waals surface area contributed by atoms with Gasteiger partial charge in [-0.1, -0.05) is 31.9 Å². The number of alkyl halides is 3. The van der Waals surface area contributed by atoms with Crippen LogP contribution in [0.2, 0.25) is 5.15 Å². The first-order valence-corrected chi connectivity index (χ1v) is 6.01. The third-order valence-corrected chi connectivity index (χ3v) is 2.90. The summed E-state index contributed by atoms with van der Waals surface area (Å²) < 4.78 is 37.3. The van der Waals surface area contributed by atoms with Gasteiger partial charge in [-0.25, -0.2) is 4.98 Å². The minimum atomic E-state index is -4.46. The monoisotopic (exact) mass is 279 g/mol. The highest BCUT2D eigenvalue weighted by atomic mass is 35.5. The highest BCUT2D eigenvalue weighted by molar-refractivity contribution is 6.30. The molecule has 1 radical (unpaired) electrons. The van der Waals surface area contributed by atoms with Crippen LogP contribution in [-0.2, 0) is 6.18 Å². The van der Waals surface area contributed by atoms with Crippen LogP contribution in [0.3, 0.4) is 0 Å². The lowest BCUT2D eigenvalue weighted by Gasteiger charge is -2.12. The van der Waals surface area contributed by atoms with Gasteiger partial charge in [0.1, 0.15) is 11.0 Å². The van der Waals surface area contributed by atoms with E-state index in [1.165, 1.54) is 12.0 Å². The van der Waals surface area contributed by atoms with Crippen LogP contribution >= 0.6 is 11.6 Å². The molecule has 0 saturated carbocycles. The van der Waals surface area contributed by atoms with E-state index in [9.17, 15) is 13.2 Å². The maximum atomic E-state index is 12.4. The Labute approximate surface area is 110 Å². The molecule has 101 valence electrons. The molecule has 0 aromatic carbocycles. The topological polar surface area (TPSA) is 24.9 Å². The summed E-state index contributed by atoms with van der Waals surface area (Å²) in [5.41, 5.74) is -0.911. The smallest absolute Gasteiger partial charge is 0.370 e. The van der Waals surface area contributed by atoms with Crippen molar-refractivity contribution < 1.29 is 13.2 Å². The van der Waals surface area contributed by atoms with Gasteiger partial charge in [0, 0.05) is 6.54 Å². The van der Waals surface area contributed by atoms with E-state index in [1.807, 2.05) is 6.92 Å². The molecule has 0 atom stereocenters. The lowest BCUT2D eigenvalue weighted by molar-refractivity contribution is -0.137. The number of hydrogen-bond donors (Lipinski definition) is 1. The zero-order valence-electron chi connectivity index (χ0n) is 10.2. The fourth-order valence-corrected chi connectivity index (χ4v) is 1.59. The van der Waals surface area contributed by atoms with E-state index in [2.05, 4.69) is 17.2 Å². The average Bonchev–Trinajstić information content (AvgIpc) is 2.27. The van der Waals surface area contributed by atoms with Crippen LogP contribution in [0.15, 0.2) is 12.1 Å². The molecular weight excluding hydrogens is 265 g/mol. The lowest BCUT2D eigenvalue weighted by atomic mass is 10.1. The van der Waals surface area contributed by atoms with Crippen LogP contribution in [0.25, 0.3) is 0 Å². The van der Waals surface area contributed by atoms with E-state index < -0.39 is 16.9 Å². The maximum Gasteiger partial charge on any atom is 0.419 e. The van der Waals surface area contributed by atoms with Crippen LogP contribution in [0, 0.1) is 5.92 Å². The van der Waals surface area contributed by atoms with Crippen molar-refractivity contribution in [3.8, 4) is 0 Å². The van der Waals surface area contributed by atoms with E-state index in [4.69, 9.17) is 11.6 Å². The Morgan fingerprint density at radius 3 is 2.56 bits per heavy atom. The molecule has 0 aliphatic carbocycles. The number of halogens is 4. The molecule has 1 N–H and O–H groups in total. The summed E-state index contributed by atoms with van der Waals surface area (Å²) in [6, 6.07) is 2.23. The Morgan fingerprint density at radius 1 is 1.39 bits per heavy atom. The van der Waals surface area contributed by atoms with E-state index in [0.29, 0.717) is 12.4 Å². The normalized spacial score (nSPS) is 11.9. The maximum absolute atomic E-state index is 12.4. The van der Waals surface area contributed by atoms with E-state index in [-0.39, 0.29) is 0 Å². The molecule has 0 spiro atoms. The third kappa shape index (κ3) is 4.37. The Bertz CT molecular complexity index is 393. The molecule has 0 saturated heterocycles. The van der Waals surface area contributed by atoms with Crippen molar-refractivity contribution in [2.24, 2.45) is 0 Å². The number of nitrogens with one attached hydrogen (secondary N) is 1. The molecule has 1 aromatic rings. The largest absolute Gasteiger partial charge is 0.419 e. The summed E-state index contributed by atoms with van der Waals surface area (Å²) in [7, 11) is 0. The molecule has 0 amide bonds. The zero-order valence-corrected chi connectivity index (χ0v) is 11.0. The van der Waals surface area contributed by atoms with Crippen LogP contribution < -0.4 is 5.32 Å². The SMILES string of the molecule is CC[C](C)CCNc1ccc(C(F)(F)F)c(Cl)n1. The molecule has 0 fully saturated rings. The number of hydrogen-bond acceptors (Lipinski definition) is 2. The summed E-state index contributed by atoms with van der Waals surface area (Å²) in [5, 5.41) is 2.42. The molecule has 0 aliphatic rings. The fraction of sp³-hybridized carbons (Fsp3) is 0.500. The van der Waals surface area contributed by atoms with Gasteiger partial charge in [0.05, 0.1) is 5.56 Å². The van der Waals surface area contributed by atoms with Gasteiger partial charge < -0.3 is 5.32 Å². The summed E-state index contributed by atoms with van der Waals surface area (Å²) >= 11 is 5.51. The van der Waals surface area contributed by atoms with Crippen LogP contribution in [0.4, 0.5) is 19.0 Å². The second kappa shape index (κ2) is 6.27. The molecule has 0 aliphatic heterocycles. The van der Waals surface area contributed by atoms with Gasteiger partial charge in [-0.15, -0.1) is 0 Å². The average molecular weight is 280 g/mol. The number of rotatable bonds is 5. The minimum Gasteiger partial charge on any atom is -0.370 e. The molecular formula is C12H15ClF3N2. The number of pyridine rings is 1. The van der Waals surface area contributed by atoms with Crippen molar-refractivity contribution in [1.29, 1.82) is 0 Å². The van der Waals surface area contributed by atoms with Gasteiger partial charge in [0.15, 0.2) is 0 Å². The predicted molar refractivity (Wildman–Crippen MR) is 66.6 cm³/mol. The van der Waals surface area contributed by atoms with Gasteiger partial charge in [0.2, 0.25) is 0 Å². The van der Waals surface area contributed by atoms with Gasteiger partial charge in [-0.05, 0) is 24.5 Å².